The summed E-state index contributed by atoms with van der Waals surface area (Å²) in [7, 11) is 3.92. The number of hydrogen-bond acceptors (Lipinski definition) is 4. The average molecular weight is 176 g/mol. The van der Waals surface area contributed by atoms with Gasteiger partial charge in [0.15, 0.2) is 5.05 Å². The Hall–Kier alpha value is -0.190. The van der Waals surface area contributed by atoms with Crippen molar-refractivity contribution >= 4 is 17.3 Å². The molecule has 0 fully saturated rings. The van der Waals surface area contributed by atoms with E-state index in [4.69, 9.17) is 22.7 Å². The van der Waals surface area contributed by atoms with Crippen LogP contribution >= 0.6 is 12.2 Å². The van der Waals surface area contributed by atoms with E-state index in [1.165, 1.54) is 0 Å². The molecule has 0 saturated heterocycles. The van der Waals surface area contributed by atoms with Gasteiger partial charge in [0.1, 0.15) is 6.61 Å². The van der Waals surface area contributed by atoms with Crippen molar-refractivity contribution in [2.75, 3.05) is 27.2 Å². The van der Waals surface area contributed by atoms with Crippen LogP contribution in [-0.4, -0.2) is 43.2 Å². The van der Waals surface area contributed by atoms with Gasteiger partial charge in [-0.3, -0.25) is 4.90 Å². The van der Waals surface area contributed by atoms with Crippen LogP contribution in [0.25, 0.3) is 0 Å². The minimum Gasteiger partial charge on any atom is -0.484 e. The van der Waals surface area contributed by atoms with Gasteiger partial charge in [-0.15, -0.1) is 0 Å². The minimum absolute atomic E-state index is 0.177. The van der Waals surface area contributed by atoms with Crippen LogP contribution < -0.4 is 5.73 Å². The molecule has 4 heteroatoms. The molecule has 0 heterocycles. The molecule has 0 radical (unpaired) electrons. The zero-order valence-corrected chi connectivity index (χ0v) is 8.15. The second-order valence-electron chi connectivity index (χ2n) is 2.60. The number of nitrogens with two attached hydrogens (primary N) is 1. The molecular weight excluding hydrogens is 160 g/mol. The lowest BCUT2D eigenvalue weighted by Gasteiger charge is -2.20. The molecule has 0 amide bonds. The fourth-order valence-corrected chi connectivity index (χ4v) is 0.785. The van der Waals surface area contributed by atoms with Crippen LogP contribution in [0.4, 0.5) is 0 Å². The summed E-state index contributed by atoms with van der Waals surface area (Å²) < 4.78 is 5.18. The lowest BCUT2D eigenvalue weighted by molar-refractivity contribution is 0.271. The van der Waals surface area contributed by atoms with Crippen molar-refractivity contribution in [3.05, 3.63) is 0 Å². The van der Waals surface area contributed by atoms with E-state index in [2.05, 4.69) is 0 Å². The van der Waals surface area contributed by atoms with Crippen molar-refractivity contribution in [1.82, 2.24) is 4.90 Å². The lowest BCUT2D eigenvalue weighted by atomic mass is 10.3. The lowest BCUT2D eigenvalue weighted by Crippen LogP contribution is -2.33. The second-order valence-corrected chi connectivity index (χ2v) is 3.00. The SMILES string of the molecule is C[C@@H](C(=S)OCCN)N(C)C. The maximum absolute atomic E-state index is 5.25. The highest BCUT2D eigenvalue weighted by Gasteiger charge is 2.10. The molecular formula is C7H16N2OS. The maximum atomic E-state index is 5.25. The minimum atomic E-state index is 0.177. The van der Waals surface area contributed by atoms with E-state index in [1.54, 1.807) is 0 Å². The van der Waals surface area contributed by atoms with Crippen LogP contribution in [0.5, 0.6) is 0 Å². The molecule has 0 aliphatic heterocycles. The third-order valence-corrected chi connectivity index (χ3v) is 1.94. The predicted molar refractivity (Wildman–Crippen MR) is 50.8 cm³/mol. The summed E-state index contributed by atoms with van der Waals surface area (Å²) in [6.45, 7) is 3.02. The molecule has 66 valence electrons. The Morgan fingerprint density at radius 2 is 2.18 bits per heavy atom. The quantitative estimate of drug-likeness (QED) is 0.623. The van der Waals surface area contributed by atoms with E-state index >= 15 is 0 Å². The molecule has 0 spiro atoms. The van der Waals surface area contributed by atoms with Crippen molar-refractivity contribution in [3.63, 3.8) is 0 Å². The fraction of sp³-hybridized carbons (Fsp3) is 0.857. The van der Waals surface area contributed by atoms with E-state index < -0.39 is 0 Å². The molecule has 0 aliphatic rings. The molecule has 0 aromatic heterocycles. The first kappa shape index (κ1) is 10.8. The molecule has 0 unspecified atom stereocenters. The number of thiocarbonyl (C=S) groups is 1. The Bertz CT molecular complexity index is 128. The standard InChI is InChI=1S/C7H16N2OS/c1-6(9(2)3)7(11)10-5-4-8/h6H,4-5,8H2,1-3H3/t6-/m0/s1. The van der Waals surface area contributed by atoms with E-state index in [0.29, 0.717) is 18.2 Å². The van der Waals surface area contributed by atoms with Gasteiger partial charge in [0.25, 0.3) is 0 Å². The number of ether oxygens (including phenoxy) is 1. The summed E-state index contributed by atoms with van der Waals surface area (Å²) in [4.78, 5) is 2.00. The summed E-state index contributed by atoms with van der Waals surface area (Å²) in [6.07, 6.45) is 0. The highest BCUT2D eigenvalue weighted by atomic mass is 32.1. The van der Waals surface area contributed by atoms with Gasteiger partial charge in [-0.25, -0.2) is 0 Å². The molecule has 1 atom stereocenters. The van der Waals surface area contributed by atoms with Crippen LogP contribution in [0, 0.1) is 0 Å². The summed E-state index contributed by atoms with van der Waals surface area (Å²) in [5.41, 5.74) is 5.25. The number of hydrogen-bond donors (Lipinski definition) is 1. The molecule has 0 rings (SSSR count). The number of rotatable bonds is 4. The molecule has 0 aromatic rings. The van der Waals surface area contributed by atoms with Crippen LogP contribution in [0.3, 0.4) is 0 Å². The molecule has 11 heavy (non-hydrogen) atoms. The summed E-state index contributed by atoms with van der Waals surface area (Å²) in [6, 6.07) is 0.177. The van der Waals surface area contributed by atoms with E-state index in [1.807, 2.05) is 25.9 Å². The van der Waals surface area contributed by atoms with Gasteiger partial charge in [-0.2, -0.15) is 0 Å². The molecule has 0 saturated carbocycles. The highest BCUT2D eigenvalue weighted by Crippen LogP contribution is 1.96. The number of nitrogens with zero attached hydrogens (tertiary/aromatic N) is 1. The summed E-state index contributed by atoms with van der Waals surface area (Å²) >= 11 is 5.00. The van der Waals surface area contributed by atoms with E-state index in [9.17, 15) is 0 Å². The molecule has 0 aliphatic carbocycles. The van der Waals surface area contributed by atoms with Crippen molar-refractivity contribution in [2.45, 2.75) is 13.0 Å². The van der Waals surface area contributed by atoms with Gasteiger partial charge in [-0.05, 0) is 33.2 Å². The largest absolute Gasteiger partial charge is 0.484 e. The first-order valence-electron chi connectivity index (χ1n) is 3.62. The maximum Gasteiger partial charge on any atom is 0.176 e. The molecule has 3 nitrogen and oxygen atoms in total. The first-order valence-corrected chi connectivity index (χ1v) is 4.03. The van der Waals surface area contributed by atoms with Crippen molar-refractivity contribution in [3.8, 4) is 0 Å². The number of likely N-dealkylation sites (N-methyl/N-ethyl adjacent to an activating group) is 1. The zero-order chi connectivity index (χ0) is 8.85. The van der Waals surface area contributed by atoms with Gasteiger partial charge in [0.05, 0.1) is 6.04 Å². The normalized spacial score (nSPS) is 13.2. The molecule has 0 aromatic carbocycles. The Labute approximate surface area is 73.5 Å². The van der Waals surface area contributed by atoms with Crippen LogP contribution in [0.2, 0.25) is 0 Å². The smallest absolute Gasteiger partial charge is 0.176 e. The molecule has 2 N–H and O–H groups in total. The Balaban J connectivity index is 3.64. The topological polar surface area (TPSA) is 38.5 Å². The van der Waals surface area contributed by atoms with Crippen molar-refractivity contribution in [2.24, 2.45) is 5.73 Å². The third kappa shape index (κ3) is 4.29. The van der Waals surface area contributed by atoms with Gasteiger partial charge in [0, 0.05) is 6.54 Å². The average Bonchev–Trinajstić information content (AvgIpc) is 1.98. The van der Waals surface area contributed by atoms with Crippen LogP contribution in [-0.2, 0) is 4.74 Å². The van der Waals surface area contributed by atoms with E-state index in [-0.39, 0.29) is 6.04 Å². The van der Waals surface area contributed by atoms with Gasteiger partial charge < -0.3 is 10.5 Å². The predicted octanol–water partition coefficient (Wildman–Crippen LogP) is 0.239. The summed E-state index contributed by atoms with van der Waals surface area (Å²) in [5, 5.41) is 0.612. The van der Waals surface area contributed by atoms with Crippen LogP contribution in [0.1, 0.15) is 6.92 Å². The van der Waals surface area contributed by atoms with Crippen LogP contribution in [0.15, 0.2) is 0 Å². The van der Waals surface area contributed by atoms with Crippen molar-refractivity contribution in [1.29, 1.82) is 0 Å². The van der Waals surface area contributed by atoms with E-state index in [0.717, 1.165) is 0 Å². The monoisotopic (exact) mass is 176 g/mol. The van der Waals surface area contributed by atoms with Gasteiger partial charge in [0.2, 0.25) is 0 Å². The van der Waals surface area contributed by atoms with Gasteiger partial charge in [-0.1, -0.05) is 0 Å². The second kappa shape index (κ2) is 5.46. The Morgan fingerprint density at radius 3 is 2.55 bits per heavy atom. The third-order valence-electron chi connectivity index (χ3n) is 1.48. The Kier molecular flexibility index (Phi) is 5.36. The molecule has 0 bridgehead atoms. The highest BCUT2D eigenvalue weighted by molar-refractivity contribution is 7.80. The van der Waals surface area contributed by atoms with Crippen molar-refractivity contribution < 1.29 is 4.74 Å². The zero-order valence-electron chi connectivity index (χ0n) is 7.33. The Morgan fingerprint density at radius 1 is 1.64 bits per heavy atom. The summed E-state index contributed by atoms with van der Waals surface area (Å²) in [5.74, 6) is 0. The first-order chi connectivity index (χ1) is 5.09. The fourth-order valence-electron chi connectivity index (χ4n) is 0.491. The van der Waals surface area contributed by atoms with Gasteiger partial charge >= 0.3 is 0 Å².